The Bertz CT molecular complexity index is 1060. The predicted molar refractivity (Wildman–Crippen MR) is 278 cm³/mol. The molecular formula is C58H109NO5. The molecule has 3 unspecified atom stereocenters. The van der Waals surface area contributed by atoms with Crippen molar-refractivity contribution in [2.24, 2.45) is 0 Å². The molecule has 0 saturated carbocycles. The molecule has 3 atom stereocenters. The number of rotatable bonds is 51. The van der Waals surface area contributed by atoms with E-state index in [9.17, 15) is 19.8 Å². The van der Waals surface area contributed by atoms with E-state index >= 15 is 0 Å². The first-order valence-corrected chi connectivity index (χ1v) is 28.2. The highest BCUT2D eigenvalue weighted by molar-refractivity contribution is 5.77. The lowest BCUT2D eigenvalue weighted by Gasteiger charge is -2.24. The van der Waals surface area contributed by atoms with Gasteiger partial charge in [0, 0.05) is 6.42 Å². The van der Waals surface area contributed by atoms with Crippen LogP contribution in [0.5, 0.6) is 0 Å². The van der Waals surface area contributed by atoms with Gasteiger partial charge in [-0.1, -0.05) is 243 Å². The van der Waals surface area contributed by atoms with Crippen molar-refractivity contribution in [1.82, 2.24) is 5.32 Å². The number of carbonyl (C=O) groups excluding carboxylic acids is 2. The van der Waals surface area contributed by atoms with Gasteiger partial charge in [-0.3, -0.25) is 9.59 Å². The number of nitrogens with one attached hydrogen (secondary N) is 1. The average molecular weight is 901 g/mol. The van der Waals surface area contributed by atoms with Gasteiger partial charge < -0.3 is 20.3 Å². The molecule has 0 rings (SSSR count). The van der Waals surface area contributed by atoms with Crippen molar-refractivity contribution in [2.75, 3.05) is 6.61 Å². The summed E-state index contributed by atoms with van der Waals surface area (Å²) in [5.74, 6) is -0.495. The lowest BCUT2D eigenvalue weighted by molar-refractivity contribution is -0.151. The van der Waals surface area contributed by atoms with Crippen molar-refractivity contribution in [2.45, 2.75) is 315 Å². The van der Waals surface area contributed by atoms with E-state index in [1.807, 2.05) is 0 Å². The molecule has 0 aromatic heterocycles. The first-order chi connectivity index (χ1) is 31.5. The van der Waals surface area contributed by atoms with E-state index in [2.05, 4.69) is 62.5 Å². The maximum Gasteiger partial charge on any atom is 0.306 e. The highest BCUT2D eigenvalue weighted by Gasteiger charge is 2.24. The Hall–Kier alpha value is -1.92. The minimum Gasteiger partial charge on any atom is -0.462 e. The SMILES string of the molecule is CCCCCCCCC/C=C/C=C/CCCCCCCC(=O)OC(CCCCC/C=C/CCCCCCCCCCC)CC(=O)NC(CO)C(O)CCCCCCCCCCCCC. The quantitative estimate of drug-likeness (QED) is 0.0245. The highest BCUT2D eigenvalue weighted by atomic mass is 16.5. The minimum absolute atomic E-state index is 0.0634. The van der Waals surface area contributed by atoms with Gasteiger partial charge in [0.15, 0.2) is 0 Å². The van der Waals surface area contributed by atoms with E-state index in [0.717, 1.165) is 77.0 Å². The van der Waals surface area contributed by atoms with Crippen LogP contribution >= 0.6 is 0 Å². The lowest BCUT2D eigenvalue weighted by atomic mass is 10.0. The van der Waals surface area contributed by atoms with Crippen LogP contribution < -0.4 is 5.32 Å². The molecule has 0 aromatic rings. The fourth-order valence-electron chi connectivity index (χ4n) is 8.65. The average Bonchev–Trinajstić information content (AvgIpc) is 3.29. The summed E-state index contributed by atoms with van der Waals surface area (Å²) >= 11 is 0. The summed E-state index contributed by atoms with van der Waals surface area (Å²) in [7, 11) is 0. The van der Waals surface area contributed by atoms with Crippen LogP contribution in [0.15, 0.2) is 36.5 Å². The summed E-state index contributed by atoms with van der Waals surface area (Å²) in [6.45, 7) is 6.49. The van der Waals surface area contributed by atoms with Gasteiger partial charge in [0.1, 0.15) is 6.10 Å². The molecule has 0 bridgehead atoms. The number of amides is 1. The summed E-state index contributed by atoms with van der Waals surface area (Å²) in [6.07, 6.45) is 62.1. The molecule has 0 aliphatic rings. The van der Waals surface area contributed by atoms with Crippen LogP contribution in [0.4, 0.5) is 0 Å². The number of allylic oxidation sites excluding steroid dienone is 6. The van der Waals surface area contributed by atoms with Gasteiger partial charge in [-0.25, -0.2) is 0 Å². The molecule has 0 aliphatic heterocycles. The zero-order valence-corrected chi connectivity index (χ0v) is 42.9. The van der Waals surface area contributed by atoms with E-state index in [1.165, 1.54) is 173 Å². The third-order valence-corrected chi connectivity index (χ3v) is 13.0. The minimum atomic E-state index is -0.792. The number of hydrogen-bond donors (Lipinski definition) is 3. The number of unbranched alkanes of at least 4 members (excludes halogenated alkanes) is 34. The van der Waals surface area contributed by atoms with Crippen LogP contribution in [0.3, 0.4) is 0 Å². The van der Waals surface area contributed by atoms with Gasteiger partial charge in [-0.2, -0.15) is 0 Å². The molecule has 6 heteroatoms. The molecule has 6 nitrogen and oxygen atoms in total. The Morgan fingerprint density at radius 2 is 0.797 bits per heavy atom. The molecule has 0 fully saturated rings. The largest absolute Gasteiger partial charge is 0.462 e. The standard InChI is InChI=1S/C58H109NO5/c1-4-7-10-13-16-19-22-24-26-28-29-31-33-36-39-42-45-48-51-58(63)64-54(49-46-43-40-37-35-32-30-27-25-23-20-17-14-11-8-5-2)52-57(62)59-55(53-60)56(61)50-47-44-41-38-34-21-18-15-12-9-6-3/h26,28-29,31-32,35,54-56,60-61H,4-25,27,30,33-34,36-53H2,1-3H3,(H,59,62)/b28-26+,31-29+,35-32+. The zero-order valence-electron chi connectivity index (χ0n) is 42.9. The summed E-state index contributed by atoms with van der Waals surface area (Å²) < 4.78 is 5.94. The van der Waals surface area contributed by atoms with Crippen molar-refractivity contribution in [1.29, 1.82) is 0 Å². The second-order valence-corrected chi connectivity index (χ2v) is 19.4. The summed E-state index contributed by atoms with van der Waals surface area (Å²) in [5.41, 5.74) is 0. The highest BCUT2D eigenvalue weighted by Crippen LogP contribution is 2.18. The van der Waals surface area contributed by atoms with Crippen LogP contribution in [0.2, 0.25) is 0 Å². The number of hydrogen-bond acceptors (Lipinski definition) is 5. The summed E-state index contributed by atoms with van der Waals surface area (Å²) in [4.78, 5) is 26.2. The smallest absolute Gasteiger partial charge is 0.306 e. The maximum atomic E-state index is 13.2. The zero-order chi connectivity index (χ0) is 46.7. The fraction of sp³-hybridized carbons (Fsp3) is 0.862. The molecule has 0 heterocycles. The fourth-order valence-corrected chi connectivity index (χ4v) is 8.65. The van der Waals surface area contributed by atoms with Crippen molar-refractivity contribution >= 4 is 11.9 Å². The van der Waals surface area contributed by atoms with E-state index in [-0.39, 0.29) is 24.9 Å². The van der Waals surface area contributed by atoms with Crippen molar-refractivity contribution in [3.63, 3.8) is 0 Å². The monoisotopic (exact) mass is 900 g/mol. The molecule has 0 radical (unpaired) electrons. The van der Waals surface area contributed by atoms with Gasteiger partial charge in [0.2, 0.25) is 5.91 Å². The third-order valence-electron chi connectivity index (χ3n) is 13.0. The van der Waals surface area contributed by atoms with Crippen molar-refractivity contribution < 1.29 is 24.5 Å². The topological polar surface area (TPSA) is 95.9 Å². The molecule has 3 N–H and O–H groups in total. The Morgan fingerprint density at radius 1 is 0.453 bits per heavy atom. The van der Waals surface area contributed by atoms with Gasteiger partial charge in [0.05, 0.1) is 25.2 Å². The van der Waals surface area contributed by atoms with E-state index in [4.69, 9.17) is 4.74 Å². The normalized spacial score (nSPS) is 13.4. The summed E-state index contributed by atoms with van der Waals surface area (Å²) in [6, 6.07) is -0.707. The number of esters is 1. The molecule has 0 aliphatic carbocycles. The molecule has 0 aromatic carbocycles. The van der Waals surface area contributed by atoms with Crippen LogP contribution in [-0.4, -0.2) is 46.9 Å². The molecule has 64 heavy (non-hydrogen) atoms. The predicted octanol–water partition coefficient (Wildman–Crippen LogP) is 17.2. The maximum absolute atomic E-state index is 13.2. The van der Waals surface area contributed by atoms with E-state index in [1.54, 1.807) is 0 Å². The van der Waals surface area contributed by atoms with E-state index in [0.29, 0.717) is 19.3 Å². The van der Waals surface area contributed by atoms with Crippen LogP contribution in [0.25, 0.3) is 0 Å². The Morgan fingerprint density at radius 3 is 1.22 bits per heavy atom. The van der Waals surface area contributed by atoms with Crippen LogP contribution in [0.1, 0.15) is 297 Å². The number of carbonyl (C=O) groups is 2. The number of aliphatic hydroxyl groups excluding tert-OH is 2. The molecule has 376 valence electrons. The second kappa shape index (κ2) is 52.1. The first-order valence-electron chi connectivity index (χ1n) is 28.2. The van der Waals surface area contributed by atoms with Gasteiger partial charge in [-0.05, 0) is 77.0 Å². The van der Waals surface area contributed by atoms with Gasteiger partial charge in [0.25, 0.3) is 0 Å². The molecule has 1 amide bonds. The number of ether oxygens (including phenoxy) is 1. The van der Waals surface area contributed by atoms with Crippen molar-refractivity contribution in [3.8, 4) is 0 Å². The molecule has 0 spiro atoms. The second-order valence-electron chi connectivity index (χ2n) is 19.4. The lowest BCUT2D eigenvalue weighted by Crippen LogP contribution is -2.46. The van der Waals surface area contributed by atoms with Crippen molar-refractivity contribution in [3.05, 3.63) is 36.5 Å². The Balaban J connectivity index is 4.59. The Kier molecular flexibility index (Phi) is 50.5. The number of aliphatic hydroxyl groups is 2. The third kappa shape index (κ3) is 46.6. The van der Waals surface area contributed by atoms with Gasteiger partial charge in [-0.15, -0.1) is 0 Å². The summed E-state index contributed by atoms with van der Waals surface area (Å²) in [5, 5.41) is 23.8. The Labute approximate surface area is 398 Å². The molecular weight excluding hydrogens is 791 g/mol. The van der Waals surface area contributed by atoms with E-state index < -0.39 is 18.2 Å². The molecule has 0 saturated heterocycles. The van der Waals surface area contributed by atoms with Gasteiger partial charge >= 0.3 is 5.97 Å². The first kappa shape index (κ1) is 62.1. The van der Waals surface area contributed by atoms with Crippen LogP contribution in [-0.2, 0) is 14.3 Å². The van der Waals surface area contributed by atoms with Crippen LogP contribution in [0, 0.1) is 0 Å².